The van der Waals surface area contributed by atoms with Crippen molar-refractivity contribution in [3.63, 3.8) is 0 Å². The van der Waals surface area contributed by atoms with Gasteiger partial charge in [-0.15, -0.1) is 6.58 Å². The SMILES string of the molecule is C=CCSCCNC(=O)N1CCC(C)(C(=O)O)C1. The highest BCUT2D eigenvalue weighted by Crippen LogP contribution is 2.29. The highest BCUT2D eigenvalue weighted by atomic mass is 32.2. The van der Waals surface area contributed by atoms with E-state index in [0.717, 1.165) is 11.5 Å². The number of carbonyl (C=O) groups is 2. The predicted octanol–water partition coefficient (Wildman–Crippen LogP) is 1.41. The number of hydrogen-bond acceptors (Lipinski definition) is 3. The molecule has 1 unspecified atom stereocenters. The van der Waals surface area contributed by atoms with E-state index in [0.29, 0.717) is 19.5 Å². The summed E-state index contributed by atoms with van der Waals surface area (Å²) < 4.78 is 0. The molecule has 102 valence electrons. The van der Waals surface area contributed by atoms with Crippen molar-refractivity contribution in [2.45, 2.75) is 13.3 Å². The quantitative estimate of drug-likeness (QED) is 0.566. The Balaban J connectivity index is 2.28. The van der Waals surface area contributed by atoms with E-state index in [-0.39, 0.29) is 12.6 Å². The second-order valence-corrected chi connectivity index (χ2v) is 5.78. The molecule has 1 saturated heterocycles. The molecule has 2 amide bonds. The van der Waals surface area contributed by atoms with E-state index in [1.807, 2.05) is 6.08 Å². The summed E-state index contributed by atoms with van der Waals surface area (Å²) in [6, 6.07) is -0.167. The molecule has 0 aliphatic carbocycles. The number of likely N-dealkylation sites (tertiary alicyclic amines) is 1. The molecule has 18 heavy (non-hydrogen) atoms. The van der Waals surface area contributed by atoms with Crippen LogP contribution in [0.1, 0.15) is 13.3 Å². The lowest BCUT2D eigenvalue weighted by Gasteiger charge is -2.20. The number of carboxylic acids is 1. The van der Waals surface area contributed by atoms with E-state index >= 15 is 0 Å². The number of nitrogens with zero attached hydrogens (tertiary/aromatic N) is 1. The van der Waals surface area contributed by atoms with Crippen molar-refractivity contribution in [1.82, 2.24) is 10.2 Å². The Morgan fingerprint density at radius 3 is 2.89 bits per heavy atom. The summed E-state index contributed by atoms with van der Waals surface area (Å²) >= 11 is 1.70. The molecule has 1 rings (SSSR count). The Hall–Kier alpha value is -1.17. The second kappa shape index (κ2) is 6.68. The minimum absolute atomic E-state index is 0.167. The van der Waals surface area contributed by atoms with Gasteiger partial charge in [0.2, 0.25) is 0 Å². The number of amides is 2. The van der Waals surface area contributed by atoms with Gasteiger partial charge >= 0.3 is 12.0 Å². The van der Waals surface area contributed by atoms with Gasteiger partial charge in [0.25, 0.3) is 0 Å². The zero-order chi connectivity index (χ0) is 13.6. The molecular formula is C12H20N2O3S. The maximum Gasteiger partial charge on any atom is 0.317 e. The molecular weight excluding hydrogens is 252 g/mol. The summed E-state index contributed by atoms with van der Waals surface area (Å²) in [6.45, 7) is 6.69. The van der Waals surface area contributed by atoms with Crippen molar-refractivity contribution in [1.29, 1.82) is 0 Å². The van der Waals surface area contributed by atoms with E-state index < -0.39 is 11.4 Å². The van der Waals surface area contributed by atoms with E-state index in [1.54, 1.807) is 23.6 Å². The average molecular weight is 272 g/mol. The van der Waals surface area contributed by atoms with Crippen LogP contribution >= 0.6 is 11.8 Å². The zero-order valence-electron chi connectivity index (χ0n) is 10.6. The first-order chi connectivity index (χ1) is 8.49. The Morgan fingerprint density at radius 1 is 1.61 bits per heavy atom. The molecule has 1 aliphatic heterocycles. The number of aliphatic carboxylic acids is 1. The molecule has 0 radical (unpaired) electrons. The lowest BCUT2D eigenvalue weighted by atomic mass is 9.90. The van der Waals surface area contributed by atoms with Crippen LogP contribution < -0.4 is 5.32 Å². The molecule has 0 bridgehead atoms. The maximum atomic E-state index is 11.8. The highest BCUT2D eigenvalue weighted by Gasteiger charge is 2.41. The molecule has 1 heterocycles. The molecule has 0 saturated carbocycles. The van der Waals surface area contributed by atoms with Gasteiger partial charge in [0.1, 0.15) is 0 Å². The van der Waals surface area contributed by atoms with Gasteiger partial charge in [-0.05, 0) is 13.3 Å². The molecule has 0 spiro atoms. The Bertz CT molecular complexity index is 335. The number of carbonyl (C=O) groups excluding carboxylic acids is 1. The van der Waals surface area contributed by atoms with Gasteiger partial charge in [-0.1, -0.05) is 6.08 Å². The van der Waals surface area contributed by atoms with Crippen LogP contribution in [-0.4, -0.2) is 53.1 Å². The van der Waals surface area contributed by atoms with Gasteiger partial charge in [-0.25, -0.2) is 4.79 Å². The van der Waals surface area contributed by atoms with Gasteiger partial charge in [-0.3, -0.25) is 4.79 Å². The van der Waals surface area contributed by atoms with Crippen molar-refractivity contribution in [3.05, 3.63) is 12.7 Å². The first-order valence-corrected chi connectivity index (χ1v) is 7.10. The van der Waals surface area contributed by atoms with Crippen molar-refractivity contribution >= 4 is 23.8 Å². The molecule has 2 N–H and O–H groups in total. The van der Waals surface area contributed by atoms with Crippen LogP contribution in [0.25, 0.3) is 0 Å². The van der Waals surface area contributed by atoms with Gasteiger partial charge in [0.05, 0.1) is 5.41 Å². The van der Waals surface area contributed by atoms with Gasteiger partial charge in [-0.2, -0.15) is 11.8 Å². The highest BCUT2D eigenvalue weighted by molar-refractivity contribution is 7.99. The standard InChI is InChI=1S/C12H20N2O3S/c1-3-7-18-8-5-13-11(17)14-6-4-12(2,9-14)10(15)16/h3H,1,4-9H2,2H3,(H,13,17)(H,15,16). The smallest absolute Gasteiger partial charge is 0.317 e. The lowest BCUT2D eigenvalue weighted by Crippen LogP contribution is -2.41. The van der Waals surface area contributed by atoms with Crippen molar-refractivity contribution in [2.75, 3.05) is 31.1 Å². The fourth-order valence-corrected chi connectivity index (χ4v) is 2.40. The van der Waals surface area contributed by atoms with Gasteiger partial charge < -0.3 is 15.3 Å². The summed E-state index contributed by atoms with van der Waals surface area (Å²) in [6.07, 6.45) is 2.34. The fourth-order valence-electron chi connectivity index (χ4n) is 1.82. The number of nitrogens with one attached hydrogen (secondary N) is 1. The first kappa shape index (κ1) is 14.9. The number of urea groups is 1. The van der Waals surface area contributed by atoms with Crippen LogP contribution in [0.2, 0.25) is 0 Å². The van der Waals surface area contributed by atoms with Gasteiger partial charge in [0, 0.05) is 31.1 Å². The summed E-state index contributed by atoms with van der Waals surface area (Å²) in [5, 5.41) is 11.9. The molecule has 1 atom stereocenters. The fraction of sp³-hybridized carbons (Fsp3) is 0.667. The third-order valence-electron chi connectivity index (χ3n) is 3.04. The third-order valence-corrected chi connectivity index (χ3v) is 4.00. The largest absolute Gasteiger partial charge is 0.481 e. The first-order valence-electron chi connectivity index (χ1n) is 5.94. The van der Waals surface area contributed by atoms with E-state index in [9.17, 15) is 9.59 Å². The zero-order valence-corrected chi connectivity index (χ0v) is 11.5. The minimum atomic E-state index is -0.834. The number of rotatable bonds is 6. The van der Waals surface area contributed by atoms with Crippen molar-refractivity contribution < 1.29 is 14.7 Å². The van der Waals surface area contributed by atoms with Crippen LogP contribution in [0.5, 0.6) is 0 Å². The predicted molar refractivity (Wildman–Crippen MR) is 72.9 cm³/mol. The minimum Gasteiger partial charge on any atom is -0.481 e. The summed E-state index contributed by atoms with van der Waals surface area (Å²) in [7, 11) is 0. The monoisotopic (exact) mass is 272 g/mol. The van der Waals surface area contributed by atoms with Crippen LogP contribution in [0.4, 0.5) is 4.79 Å². The van der Waals surface area contributed by atoms with Crippen molar-refractivity contribution in [3.8, 4) is 0 Å². The van der Waals surface area contributed by atoms with Crippen LogP contribution in [0.15, 0.2) is 12.7 Å². The number of hydrogen-bond donors (Lipinski definition) is 2. The third kappa shape index (κ3) is 3.94. The molecule has 6 heteroatoms. The average Bonchev–Trinajstić information content (AvgIpc) is 2.73. The Kier molecular flexibility index (Phi) is 5.53. The second-order valence-electron chi connectivity index (χ2n) is 4.63. The molecule has 0 aromatic carbocycles. The lowest BCUT2D eigenvalue weighted by molar-refractivity contribution is -0.146. The summed E-state index contributed by atoms with van der Waals surface area (Å²) in [4.78, 5) is 24.4. The van der Waals surface area contributed by atoms with Crippen LogP contribution in [0, 0.1) is 5.41 Å². The van der Waals surface area contributed by atoms with E-state index in [1.165, 1.54) is 0 Å². The summed E-state index contributed by atoms with van der Waals surface area (Å²) in [5.74, 6) is 0.873. The topological polar surface area (TPSA) is 69.6 Å². The molecule has 0 aromatic heterocycles. The van der Waals surface area contributed by atoms with E-state index in [4.69, 9.17) is 5.11 Å². The number of carboxylic acid groups (broad SMARTS) is 1. The molecule has 1 fully saturated rings. The summed E-state index contributed by atoms with van der Waals surface area (Å²) in [5.41, 5.74) is -0.797. The molecule has 5 nitrogen and oxygen atoms in total. The Morgan fingerprint density at radius 2 is 2.33 bits per heavy atom. The molecule has 1 aliphatic rings. The van der Waals surface area contributed by atoms with Crippen LogP contribution in [0.3, 0.4) is 0 Å². The van der Waals surface area contributed by atoms with E-state index in [2.05, 4.69) is 11.9 Å². The maximum absolute atomic E-state index is 11.8. The van der Waals surface area contributed by atoms with Crippen molar-refractivity contribution in [2.24, 2.45) is 5.41 Å². The molecule has 0 aromatic rings. The normalized spacial score (nSPS) is 22.8. The number of thioether (sulfide) groups is 1. The van der Waals surface area contributed by atoms with Crippen LogP contribution in [-0.2, 0) is 4.79 Å². The van der Waals surface area contributed by atoms with Gasteiger partial charge in [0.15, 0.2) is 0 Å². The Labute approximate surface area is 112 Å².